The predicted octanol–water partition coefficient (Wildman–Crippen LogP) is -5.42. The number of hydrogen-bond donors (Lipinski definition) is 12. The lowest BCUT2D eigenvalue weighted by Gasteiger charge is -2.51. The van der Waals surface area contributed by atoms with Crippen LogP contribution in [-0.4, -0.2) is 211 Å². The Bertz CT molecular complexity index is 1170. The summed E-state index contributed by atoms with van der Waals surface area (Å²) >= 11 is 0. The third-order valence-electron chi connectivity index (χ3n) is 10.1. The Labute approximate surface area is 317 Å². The van der Waals surface area contributed by atoms with Crippen LogP contribution in [0.4, 0.5) is 0 Å². The normalized spacial score (nSPS) is 45.3. The summed E-state index contributed by atoms with van der Waals surface area (Å²) in [6, 6.07) is -1.53. The first kappa shape index (κ1) is 46.1. The largest absolute Gasteiger partial charge is 0.394 e. The molecule has 21 heteroatoms. The summed E-state index contributed by atoms with van der Waals surface area (Å²) in [4.78, 5) is 12.1. The van der Waals surface area contributed by atoms with Crippen molar-refractivity contribution < 1.29 is 98.9 Å². The molecule has 21 nitrogen and oxygen atoms in total. The van der Waals surface area contributed by atoms with Gasteiger partial charge in [0.1, 0.15) is 91.5 Å². The first-order valence-electron chi connectivity index (χ1n) is 18.5. The molecule has 20 atom stereocenters. The Morgan fingerprint density at radius 1 is 0.600 bits per heavy atom. The number of nitrogens with one attached hydrogen (secondary N) is 1. The number of allylic oxidation sites excluding steroid dienone is 1. The topological polar surface area (TPSA) is 325 Å². The second-order valence-electron chi connectivity index (χ2n) is 14.2. The molecule has 0 saturated carbocycles. The molecule has 55 heavy (non-hydrogen) atoms. The summed E-state index contributed by atoms with van der Waals surface area (Å²) in [6.45, 7) is 3.83. The molecular formula is C34H59NO20. The van der Waals surface area contributed by atoms with Crippen molar-refractivity contribution in [2.75, 3.05) is 26.4 Å². The van der Waals surface area contributed by atoms with E-state index in [0.717, 1.165) is 32.6 Å². The second-order valence-corrected chi connectivity index (χ2v) is 14.2. The van der Waals surface area contributed by atoms with Gasteiger partial charge < -0.3 is 99.4 Å². The van der Waals surface area contributed by atoms with Crippen LogP contribution >= 0.6 is 0 Å². The molecule has 4 fully saturated rings. The second kappa shape index (κ2) is 21.5. The Balaban J connectivity index is 1.63. The van der Waals surface area contributed by atoms with E-state index in [2.05, 4.69) is 11.9 Å². The monoisotopic (exact) mass is 801 g/mol. The van der Waals surface area contributed by atoms with E-state index in [0.29, 0.717) is 6.42 Å². The number of unbranched alkanes of at least 4 members (excludes halogenated alkanes) is 4. The standard InChI is InChI=1S/C34H59NO20/c1-4-5-6-7-8-9-10-48-32-27(47)25(45)28(18(13-38)52-32)53-34-30(55-33-26(46)24(44)20(40)14(2)49-33)29(22(42)17(12-37)51-34)54-31-19(35-15(3)39)23(43)21(41)16(11-36)50-31/h4,14,16-34,36-38,40-47H,1,5-13H2,2-3H3,(H,35,39)/t14-,16+,17+,18+,19+,20+,21-,22-,23+,24+,25+,26-,27+,28+,29-,30+,31+,32+,33-,34-/m0/s1. The van der Waals surface area contributed by atoms with Gasteiger partial charge in [0.15, 0.2) is 25.2 Å². The molecule has 0 spiro atoms. The fourth-order valence-electron chi connectivity index (χ4n) is 6.93. The summed E-state index contributed by atoms with van der Waals surface area (Å²) in [5.74, 6) is -0.698. The molecule has 0 aromatic heterocycles. The van der Waals surface area contributed by atoms with Gasteiger partial charge in [-0.1, -0.05) is 18.9 Å². The third kappa shape index (κ3) is 11.1. The lowest BCUT2D eigenvalue weighted by molar-refractivity contribution is -0.401. The van der Waals surface area contributed by atoms with Gasteiger partial charge in [-0.2, -0.15) is 0 Å². The maximum absolute atomic E-state index is 12.1. The quantitative estimate of drug-likeness (QED) is 0.0455. The maximum Gasteiger partial charge on any atom is 0.217 e. The SMILES string of the molecule is C=CCCCCCCO[C@@H]1O[C@H](CO)[C@@H](O[C@@H]2O[C@H](CO)[C@H](O)[C@H](O[C@H]3O[C@H](CO)[C@H](O)[C@H](O)[C@H]3NC(C)=O)[C@H]2O[C@@H]2O[C@@H](C)[C@@H](O)[C@@H](O)[C@@H]2O)[C@H](O)[C@H]1O. The van der Waals surface area contributed by atoms with E-state index in [9.17, 15) is 61.0 Å². The van der Waals surface area contributed by atoms with Gasteiger partial charge in [0.2, 0.25) is 5.91 Å². The van der Waals surface area contributed by atoms with Gasteiger partial charge >= 0.3 is 0 Å². The van der Waals surface area contributed by atoms with Crippen LogP contribution in [0.25, 0.3) is 0 Å². The molecule has 4 saturated heterocycles. The van der Waals surface area contributed by atoms with Crippen LogP contribution in [0, 0.1) is 0 Å². The van der Waals surface area contributed by atoms with Crippen molar-refractivity contribution in [3.63, 3.8) is 0 Å². The van der Waals surface area contributed by atoms with Crippen molar-refractivity contribution in [1.29, 1.82) is 0 Å². The summed E-state index contributed by atoms with van der Waals surface area (Å²) in [5, 5.41) is 120. The third-order valence-corrected chi connectivity index (χ3v) is 10.1. The molecule has 4 aliphatic heterocycles. The van der Waals surface area contributed by atoms with E-state index >= 15 is 0 Å². The van der Waals surface area contributed by atoms with E-state index in [1.165, 1.54) is 6.92 Å². The Kier molecular flexibility index (Phi) is 18.0. The smallest absolute Gasteiger partial charge is 0.217 e. The summed E-state index contributed by atoms with van der Waals surface area (Å²) < 4.78 is 46.8. The van der Waals surface area contributed by atoms with Crippen LogP contribution < -0.4 is 5.32 Å². The number of ether oxygens (including phenoxy) is 8. The van der Waals surface area contributed by atoms with Gasteiger partial charge in [-0.3, -0.25) is 4.79 Å². The molecule has 1 amide bonds. The number of carbonyl (C=O) groups excluding carboxylic acids is 1. The molecule has 4 heterocycles. The molecule has 0 aromatic rings. The number of hydrogen-bond acceptors (Lipinski definition) is 20. The fourth-order valence-corrected chi connectivity index (χ4v) is 6.93. The van der Waals surface area contributed by atoms with Crippen molar-refractivity contribution in [3.8, 4) is 0 Å². The molecule has 0 aliphatic carbocycles. The zero-order valence-electron chi connectivity index (χ0n) is 30.8. The van der Waals surface area contributed by atoms with E-state index in [-0.39, 0.29) is 6.61 Å². The highest BCUT2D eigenvalue weighted by molar-refractivity contribution is 5.73. The highest BCUT2D eigenvalue weighted by atomic mass is 16.8. The molecule has 4 aliphatic rings. The number of carbonyl (C=O) groups is 1. The molecule has 0 unspecified atom stereocenters. The molecule has 4 rings (SSSR count). The van der Waals surface area contributed by atoms with Crippen molar-refractivity contribution in [2.24, 2.45) is 0 Å². The minimum absolute atomic E-state index is 0.164. The highest BCUT2D eigenvalue weighted by Gasteiger charge is 2.56. The Morgan fingerprint density at radius 2 is 1.16 bits per heavy atom. The van der Waals surface area contributed by atoms with Crippen LogP contribution in [0.15, 0.2) is 12.7 Å². The lowest BCUT2D eigenvalue weighted by Crippen LogP contribution is -2.69. The van der Waals surface area contributed by atoms with E-state index in [1.807, 2.05) is 6.08 Å². The molecule has 0 aromatic carbocycles. The first-order valence-corrected chi connectivity index (χ1v) is 18.5. The average molecular weight is 802 g/mol. The van der Waals surface area contributed by atoms with Crippen LogP contribution in [0.2, 0.25) is 0 Å². The van der Waals surface area contributed by atoms with Crippen LogP contribution in [0.3, 0.4) is 0 Å². The summed E-state index contributed by atoms with van der Waals surface area (Å²) in [7, 11) is 0. The number of amides is 1. The predicted molar refractivity (Wildman–Crippen MR) is 181 cm³/mol. The average Bonchev–Trinajstić information content (AvgIpc) is 3.16. The van der Waals surface area contributed by atoms with Gasteiger partial charge in [0.05, 0.1) is 25.9 Å². The van der Waals surface area contributed by atoms with Gasteiger partial charge in [0.25, 0.3) is 0 Å². The van der Waals surface area contributed by atoms with Crippen molar-refractivity contribution in [2.45, 2.75) is 169 Å². The minimum Gasteiger partial charge on any atom is -0.394 e. The molecule has 320 valence electrons. The molecule has 0 bridgehead atoms. The van der Waals surface area contributed by atoms with Crippen LogP contribution in [0.5, 0.6) is 0 Å². The Morgan fingerprint density at radius 3 is 1.80 bits per heavy atom. The number of aliphatic hydroxyl groups excluding tert-OH is 11. The van der Waals surface area contributed by atoms with Crippen molar-refractivity contribution in [1.82, 2.24) is 5.32 Å². The summed E-state index contributed by atoms with van der Waals surface area (Å²) in [6.07, 6.45) is -25.7. The van der Waals surface area contributed by atoms with Crippen LogP contribution in [0.1, 0.15) is 46.0 Å². The molecular weight excluding hydrogens is 742 g/mol. The zero-order chi connectivity index (χ0) is 40.6. The highest BCUT2D eigenvalue weighted by Crippen LogP contribution is 2.36. The molecule has 0 radical (unpaired) electrons. The van der Waals surface area contributed by atoms with E-state index < -0.39 is 148 Å². The van der Waals surface area contributed by atoms with Crippen LogP contribution in [-0.2, 0) is 42.7 Å². The van der Waals surface area contributed by atoms with Gasteiger partial charge in [-0.05, 0) is 26.2 Å². The number of aliphatic hydroxyl groups is 11. The Hall–Kier alpha value is -1.55. The van der Waals surface area contributed by atoms with Gasteiger partial charge in [-0.25, -0.2) is 0 Å². The summed E-state index contributed by atoms with van der Waals surface area (Å²) in [5.41, 5.74) is 0. The number of rotatable bonds is 18. The fraction of sp³-hybridized carbons (Fsp3) is 0.912. The van der Waals surface area contributed by atoms with Gasteiger partial charge in [0, 0.05) is 13.5 Å². The molecule has 12 N–H and O–H groups in total. The van der Waals surface area contributed by atoms with E-state index in [4.69, 9.17) is 37.9 Å². The van der Waals surface area contributed by atoms with Crippen molar-refractivity contribution in [3.05, 3.63) is 12.7 Å². The lowest BCUT2D eigenvalue weighted by atomic mass is 9.94. The maximum atomic E-state index is 12.1. The minimum atomic E-state index is -1.93. The zero-order valence-corrected chi connectivity index (χ0v) is 30.8. The van der Waals surface area contributed by atoms with Gasteiger partial charge in [-0.15, -0.1) is 6.58 Å². The van der Waals surface area contributed by atoms with Crippen molar-refractivity contribution >= 4 is 5.91 Å². The van der Waals surface area contributed by atoms with E-state index in [1.54, 1.807) is 0 Å². The first-order chi connectivity index (χ1) is 26.2.